The fourth-order valence-electron chi connectivity index (χ4n) is 1.83. The topological polar surface area (TPSA) is 38.3 Å². The zero-order valence-corrected chi connectivity index (χ0v) is 12.0. The maximum atomic E-state index is 11.9. The Bertz CT molecular complexity index is 706. The van der Waals surface area contributed by atoms with E-state index >= 15 is 0 Å². The molecule has 0 spiro atoms. The fourth-order valence-corrected chi connectivity index (χ4v) is 2.46. The van der Waals surface area contributed by atoms with E-state index in [1.54, 1.807) is 6.07 Å². The summed E-state index contributed by atoms with van der Waals surface area (Å²) in [6.07, 6.45) is 0. The van der Waals surface area contributed by atoms with Gasteiger partial charge in [-0.2, -0.15) is 11.3 Å². The number of hydrogen-bond acceptors (Lipinski definition) is 3. The minimum absolute atomic E-state index is 0.104. The molecule has 2 aromatic carbocycles. The van der Waals surface area contributed by atoms with Gasteiger partial charge in [0.2, 0.25) is 0 Å². The molecule has 3 aromatic rings. The van der Waals surface area contributed by atoms with Crippen molar-refractivity contribution in [3.05, 3.63) is 77.0 Å². The lowest BCUT2D eigenvalue weighted by Gasteiger charge is -2.07. The third-order valence-electron chi connectivity index (χ3n) is 2.87. The van der Waals surface area contributed by atoms with Gasteiger partial charge in [0, 0.05) is 11.1 Å². The molecule has 0 bridgehead atoms. The van der Waals surface area contributed by atoms with Crippen molar-refractivity contribution in [1.29, 1.82) is 0 Å². The van der Waals surface area contributed by atoms with Gasteiger partial charge in [0.25, 0.3) is 5.91 Å². The molecule has 0 aliphatic heterocycles. The Kier molecular flexibility index (Phi) is 3.98. The maximum Gasteiger partial charge on any atom is 0.256 e. The van der Waals surface area contributed by atoms with Gasteiger partial charge in [-0.1, -0.05) is 18.2 Å². The van der Waals surface area contributed by atoms with E-state index in [0.717, 1.165) is 17.2 Å². The zero-order valence-electron chi connectivity index (χ0n) is 11.2. The summed E-state index contributed by atoms with van der Waals surface area (Å²) >= 11 is 1.50. The maximum absolute atomic E-state index is 11.9. The average Bonchev–Trinajstić information content (AvgIpc) is 3.05. The largest absolute Gasteiger partial charge is 0.457 e. The summed E-state index contributed by atoms with van der Waals surface area (Å²) < 4.78 is 5.70. The Hall–Kier alpha value is -2.59. The lowest BCUT2D eigenvalue weighted by Crippen LogP contribution is -2.10. The molecule has 4 heteroatoms. The van der Waals surface area contributed by atoms with Crippen molar-refractivity contribution in [1.82, 2.24) is 0 Å². The van der Waals surface area contributed by atoms with E-state index in [0.29, 0.717) is 5.56 Å². The molecule has 21 heavy (non-hydrogen) atoms. The van der Waals surface area contributed by atoms with Gasteiger partial charge in [-0.3, -0.25) is 4.79 Å². The molecule has 3 nitrogen and oxygen atoms in total. The number of ether oxygens (including phenoxy) is 1. The predicted molar refractivity (Wildman–Crippen MR) is 85.2 cm³/mol. The van der Waals surface area contributed by atoms with Gasteiger partial charge in [0.15, 0.2) is 0 Å². The average molecular weight is 295 g/mol. The zero-order chi connectivity index (χ0) is 14.5. The summed E-state index contributed by atoms with van der Waals surface area (Å²) in [5.41, 5.74) is 1.41. The highest BCUT2D eigenvalue weighted by Crippen LogP contribution is 2.22. The molecule has 1 heterocycles. The van der Waals surface area contributed by atoms with Gasteiger partial charge in [0.1, 0.15) is 11.5 Å². The third-order valence-corrected chi connectivity index (χ3v) is 3.56. The molecule has 1 N–H and O–H groups in total. The van der Waals surface area contributed by atoms with Crippen LogP contribution < -0.4 is 10.1 Å². The standard InChI is InChI=1S/C17H13NO2S/c19-17(13-10-11-21-12-13)18-14-6-8-16(9-7-14)20-15-4-2-1-3-5-15/h1-12H,(H,18,19). The first-order valence-corrected chi connectivity index (χ1v) is 7.42. The van der Waals surface area contributed by atoms with Crippen molar-refractivity contribution in [2.75, 3.05) is 5.32 Å². The van der Waals surface area contributed by atoms with Crippen molar-refractivity contribution in [3.8, 4) is 11.5 Å². The highest BCUT2D eigenvalue weighted by atomic mass is 32.1. The van der Waals surface area contributed by atoms with Crippen LogP contribution in [0.1, 0.15) is 10.4 Å². The van der Waals surface area contributed by atoms with E-state index in [4.69, 9.17) is 4.74 Å². The monoisotopic (exact) mass is 295 g/mol. The lowest BCUT2D eigenvalue weighted by atomic mass is 10.2. The summed E-state index contributed by atoms with van der Waals surface area (Å²) in [6.45, 7) is 0. The SMILES string of the molecule is O=C(Nc1ccc(Oc2ccccc2)cc1)c1ccsc1. The lowest BCUT2D eigenvalue weighted by molar-refractivity contribution is 0.102. The Labute approximate surface area is 126 Å². The molecule has 1 amide bonds. The van der Waals surface area contributed by atoms with Crippen molar-refractivity contribution in [3.63, 3.8) is 0 Å². The minimum Gasteiger partial charge on any atom is -0.457 e. The number of carbonyl (C=O) groups excluding carboxylic acids is 1. The van der Waals surface area contributed by atoms with Gasteiger partial charge in [-0.05, 0) is 47.8 Å². The molecule has 0 unspecified atom stereocenters. The smallest absolute Gasteiger partial charge is 0.256 e. The van der Waals surface area contributed by atoms with Crippen LogP contribution in [-0.4, -0.2) is 5.91 Å². The molecule has 0 saturated heterocycles. The molecular weight excluding hydrogens is 282 g/mol. The predicted octanol–water partition coefficient (Wildman–Crippen LogP) is 4.79. The number of thiophene rings is 1. The van der Waals surface area contributed by atoms with Gasteiger partial charge < -0.3 is 10.1 Å². The van der Waals surface area contributed by atoms with Crippen LogP contribution in [0.5, 0.6) is 11.5 Å². The second kappa shape index (κ2) is 6.24. The van der Waals surface area contributed by atoms with Crippen LogP contribution in [0.25, 0.3) is 0 Å². The number of rotatable bonds is 4. The molecule has 0 aliphatic carbocycles. The Morgan fingerprint density at radius 3 is 2.29 bits per heavy atom. The second-order valence-corrected chi connectivity index (χ2v) is 5.19. The summed E-state index contributed by atoms with van der Waals surface area (Å²) in [6, 6.07) is 18.7. The number of anilines is 1. The number of benzene rings is 2. The van der Waals surface area contributed by atoms with E-state index < -0.39 is 0 Å². The summed E-state index contributed by atoms with van der Waals surface area (Å²) in [4.78, 5) is 11.9. The molecule has 0 aliphatic rings. The van der Waals surface area contributed by atoms with Gasteiger partial charge >= 0.3 is 0 Å². The first-order chi connectivity index (χ1) is 10.3. The van der Waals surface area contributed by atoms with Crippen LogP contribution in [0.3, 0.4) is 0 Å². The molecule has 0 saturated carbocycles. The van der Waals surface area contributed by atoms with E-state index in [1.165, 1.54) is 11.3 Å². The molecule has 104 valence electrons. The number of para-hydroxylation sites is 1. The highest BCUT2D eigenvalue weighted by molar-refractivity contribution is 7.08. The number of amides is 1. The van der Waals surface area contributed by atoms with E-state index in [-0.39, 0.29) is 5.91 Å². The van der Waals surface area contributed by atoms with Gasteiger partial charge in [-0.25, -0.2) is 0 Å². The fraction of sp³-hybridized carbons (Fsp3) is 0. The van der Waals surface area contributed by atoms with Crippen LogP contribution >= 0.6 is 11.3 Å². The Morgan fingerprint density at radius 2 is 1.62 bits per heavy atom. The van der Waals surface area contributed by atoms with Crippen molar-refractivity contribution in [2.24, 2.45) is 0 Å². The normalized spacial score (nSPS) is 10.1. The van der Waals surface area contributed by atoms with Gasteiger partial charge in [0.05, 0.1) is 5.56 Å². The number of hydrogen-bond donors (Lipinski definition) is 1. The molecular formula is C17H13NO2S. The first-order valence-electron chi connectivity index (χ1n) is 6.48. The summed E-state index contributed by atoms with van der Waals surface area (Å²) in [7, 11) is 0. The molecule has 0 fully saturated rings. The van der Waals surface area contributed by atoms with Gasteiger partial charge in [-0.15, -0.1) is 0 Å². The van der Waals surface area contributed by atoms with E-state index in [2.05, 4.69) is 5.32 Å². The Morgan fingerprint density at radius 1 is 0.905 bits per heavy atom. The first kappa shape index (κ1) is 13.4. The van der Waals surface area contributed by atoms with E-state index in [1.807, 2.05) is 65.4 Å². The minimum atomic E-state index is -0.104. The molecule has 0 atom stereocenters. The summed E-state index contributed by atoms with van der Waals surface area (Å²) in [5.74, 6) is 1.41. The van der Waals surface area contributed by atoms with Crippen LogP contribution in [0.2, 0.25) is 0 Å². The van der Waals surface area contributed by atoms with Crippen molar-refractivity contribution in [2.45, 2.75) is 0 Å². The third kappa shape index (κ3) is 3.49. The highest BCUT2D eigenvalue weighted by Gasteiger charge is 2.06. The van der Waals surface area contributed by atoms with Crippen LogP contribution in [-0.2, 0) is 0 Å². The van der Waals surface area contributed by atoms with E-state index in [9.17, 15) is 4.79 Å². The summed E-state index contributed by atoms with van der Waals surface area (Å²) in [5, 5.41) is 6.55. The molecule has 1 aromatic heterocycles. The quantitative estimate of drug-likeness (QED) is 0.751. The Balaban J connectivity index is 1.65. The van der Waals surface area contributed by atoms with Crippen LogP contribution in [0.15, 0.2) is 71.4 Å². The molecule has 0 radical (unpaired) electrons. The van der Waals surface area contributed by atoms with Crippen molar-refractivity contribution >= 4 is 22.9 Å². The number of carbonyl (C=O) groups is 1. The van der Waals surface area contributed by atoms with Crippen LogP contribution in [0, 0.1) is 0 Å². The number of nitrogens with one attached hydrogen (secondary N) is 1. The van der Waals surface area contributed by atoms with Crippen LogP contribution in [0.4, 0.5) is 5.69 Å². The molecule has 3 rings (SSSR count). The van der Waals surface area contributed by atoms with Crippen molar-refractivity contribution < 1.29 is 9.53 Å². The second-order valence-electron chi connectivity index (χ2n) is 4.41.